The molecule has 0 unspecified atom stereocenters. The Morgan fingerprint density at radius 2 is 2.00 bits per heavy atom. The Balaban J connectivity index is 2.91. The van der Waals surface area contributed by atoms with Crippen LogP contribution in [0.3, 0.4) is 0 Å². The first-order valence-electron chi connectivity index (χ1n) is 4.21. The van der Waals surface area contributed by atoms with Crippen LogP contribution in [0.1, 0.15) is 25.7 Å². The van der Waals surface area contributed by atoms with Crippen LogP contribution in [-0.2, 0) is 9.63 Å². The molecule has 0 saturated carbocycles. The van der Waals surface area contributed by atoms with Crippen molar-refractivity contribution in [1.29, 1.82) is 0 Å². The van der Waals surface area contributed by atoms with Gasteiger partial charge in [-0.05, 0) is 12.8 Å². The van der Waals surface area contributed by atoms with E-state index in [1.165, 1.54) is 0 Å². The molecule has 0 saturated heterocycles. The molecule has 0 aromatic heterocycles. The molecule has 1 amide bonds. The maximum atomic E-state index is 9.81. The Morgan fingerprint density at radius 3 is 2.62 bits per heavy atom. The molecule has 0 heterocycles. The number of amides is 1. The molecule has 0 aromatic rings. The predicted molar refractivity (Wildman–Crippen MR) is 45.5 cm³/mol. The van der Waals surface area contributed by atoms with E-state index in [0.29, 0.717) is 19.4 Å². The molecule has 76 valence electrons. The fraction of sp³-hybridized carbons (Fsp3) is 0.857. The van der Waals surface area contributed by atoms with Crippen molar-refractivity contribution in [2.45, 2.75) is 25.7 Å². The molecule has 0 aliphatic heterocycles. The van der Waals surface area contributed by atoms with Crippen molar-refractivity contribution in [1.82, 2.24) is 5.32 Å². The van der Waals surface area contributed by atoms with Gasteiger partial charge in [-0.1, -0.05) is 12.8 Å². The van der Waals surface area contributed by atoms with E-state index in [1.807, 2.05) is 0 Å². The highest BCUT2D eigenvalue weighted by atomic mass is 16.9. The standard InChI is InChI=1S/C7H14N2O4/c10-7-8-5-3-1-2-4-6-13-9(11)12/h7H,1-6H2,(H,8,10). The number of carbonyl (C=O) groups excluding carboxylic acids is 1. The van der Waals surface area contributed by atoms with E-state index in [9.17, 15) is 14.9 Å². The van der Waals surface area contributed by atoms with Gasteiger partial charge in [0.25, 0.3) is 5.09 Å². The number of nitrogens with zero attached hydrogens (tertiary/aromatic N) is 1. The van der Waals surface area contributed by atoms with Gasteiger partial charge >= 0.3 is 0 Å². The predicted octanol–water partition coefficient (Wildman–Crippen LogP) is 0.501. The molecule has 0 aromatic carbocycles. The van der Waals surface area contributed by atoms with E-state index >= 15 is 0 Å². The minimum absolute atomic E-state index is 0.161. The van der Waals surface area contributed by atoms with Gasteiger partial charge in [0.05, 0.1) is 6.61 Å². The van der Waals surface area contributed by atoms with Gasteiger partial charge in [-0.15, -0.1) is 10.1 Å². The second-order valence-electron chi connectivity index (χ2n) is 2.54. The lowest BCUT2D eigenvalue weighted by molar-refractivity contribution is -0.757. The fourth-order valence-corrected chi connectivity index (χ4v) is 0.881. The highest BCUT2D eigenvalue weighted by Gasteiger charge is 1.94. The first kappa shape index (κ1) is 11.7. The van der Waals surface area contributed by atoms with Crippen LogP contribution in [0, 0.1) is 10.1 Å². The molecular formula is C7H14N2O4. The monoisotopic (exact) mass is 190 g/mol. The molecule has 0 rings (SSSR count). The SMILES string of the molecule is O=CNCCCCCCO[N+](=O)[O-]. The third-order valence-corrected chi connectivity index (χ3v) is 1.50. The fourth-order valence-electron chi connectivity index (χ4n) is 0.881. The van der Waals surface area contributed by atoms with E-state index in [4.69, 9.17) is 0 Å². The zero-order valence-corrected chi connectivity index (χ0v) is 7.40. The van der Waals surface area contributed by atoms with Crippen molar-refractivity contribution in [2.75, 3.05) is 13.2 Å². The Labute approximate surface area is 76.4 Å². The topological polar surface area (TPSA) is 81.5 Å². The summed E-state index contributed by atoms with van der Waals surface area (Å²) in [6, 6.07) is 0. The maximum Gasteiger partial charge on any atom is 0.294 e. The van der Waals surface area contributed by atoms with E-state index in [1.54, 1.807) is 0 Å². The molecular weight excluding hydrogens is 176 g/mol. The van der Waals surface area contributed by atoms with Gasteiger partial charge in [-0.25, -0.2) is 0 Å². The number of nitrogens with one attached hydrogen (secondary N) is 1. The summed E-state index contributed by atoms with van der Waals surface area (Å²) in [7, 11) is 0. The third kappa shape index (κ3) is 10.7. The number of rotatable bonds is 9. The molecule has 0 aliphatic carbocycles. The van der Waals surface area contributed by atoms with Crippen LogP contribution in [0.15, 0.2) is 0 Å². The van der Waals surface area contributed by atoms with Gasteiger partial charge in [0, 0.05) is 6.54 Å². The summed E-state index contributed by atoms with van der Waals surface area (Å²) in [6.45, 7) is 0.827. The van der Waals surface area contributed by atoms with E-state index < -0.39 is 5.09 Å². The first-order valence-corrected chi connectivity index (χ1v) is 4.21. The van der Waals surface area contributed by atoms with Crippen LogP contribution in [0.4, 0.5) is 0 Å². The Hall–Kier alpha value is -1.33. The quantitative estimate of drug-likeness (QED) is 0.248. The molecule has 0 radical (unpaired) electrons. The van der Waals surface area contributed by atoms with Gasteiger partial charge in [-0.2, -0.15) is 0 Å². The minimum Gasteiger partial charge on any atom is -0.359 e. The normalized spacial score (nSPS) is 9.23. The number of carbonyl (C=O) groups is 1. The largest absolute Gasteiger partial charge is 0.359 e. The molecule has 0 fully saturated rings. The molecule has 0 aliphatic rings. The molecule has 0 spiro atoms. The highest BCUT2D eigenvalue weighted by Crippen LogP contribution is 1.98. The van der Waals surface area contributed by atoms with Crippen LogP contribution in [0.5, 0.6) is 0 Å². The highest BCUT2D eigenvalue weighted by molar-refractivity contribution is 5.45. The molecule has 13 heavy (non-hydrogen) atoms. The summed E-state index contributed by atoms with van der Waals surface area (Å²) < 4.78 is 0. The summed E-state index contributed by atoms with van der Waals surface area (Å²) in [6.07, 6.45) is 4.07. The van der Waals surface area contributed by atoms with Crippen LogP contribution in [0.25, 0.3) is 0 Å². The smallest absolute Gasteiger partial charge is 0.294 e. The Kier molecular flexibility index (Phi) is 7.87. The summed E-state index contributed by atoms with van der Waals surface area (Å²) in [5.74, 6) is 0. The summed E-state index contributed by atoms with van der Waals surface area (Å²) in [5.41, 5.74) is 0. The van der Waals surface area contributed by atoms with Gasteiger partial charge in [0.1, 0.15) is 0 Å². The van der Waals surface area contributed by atoms with Crippen LogP contribution in [0.2, 0.25) is 0 Å². The summed E-state index contributed by atoms with van der Waals surface area (Å²) in [4.78, 5) is 23.6. The first-order chi connectivity index (χ1) is 6.27. The summed E-state index contributed by atoms with van der Waals surface area (Å²) >= 11 is 0. The summed E-state index contributed by atoms with van der Waals surface area (Å²) in [5, 5.41) is 11.5. The zero-order chi connectivity index (χ0) is 9.94. The van der Waals surface area contributed by atoms with Gasteiger partial charge in [0.15, 0.2) is 0 Å². The van der Waals surface area contributed by atoms with Crippen molar-refractivity contribution < 1.29 is 14.7 Å². The lowest BCUT2D eigenvalue weighted by Crippen LogP contribution is -2.11. The number of hydrogen-bond acceptors (Lipinski definition) is 4. The average Bonchev–Trinajstić information content (AvgIpc) is 2.09. The van der Waals surface area contributed by atoms with Gasteiger partial charge in [-0.3, -0.25) is 4.79 Å². The van der Waals surface area contributed by atoms with Gasteiger partial charge < -0.3 is 10.2 Å². The van der Waals surface area contributed by atoms with Crippen LogP contribution < -0.4 is 5.32 Å². The van der Waals surface area contributed by atoms with Crippen molar-refractivity contribution in [3.63, 3.8) is 0 Å². The molecule has 0 atom stereocenters. The van der Waals surface area contributed by atoms with Crippen LogP contribution >= 0.6 is 0 Å². The van der Waals surface area contributed by atoms with Crippen molar-refractivity contribution >= 4 is 6.41 Å². The maximum absolute atomic E-state index is 9.81. The Morgan fingerprint density at radius 1 is 1.31 bits per heavy atom. The van der Waals surface area contributed by atoms with E-state index in [0.717, 1.165) is 19.3 Å². The molecule has 1 N–H and O–H groups in total. The average molecular weight is 190 g/mol. The number of unbranched alkanes of at least 4 members (excludes halogenated alkanes) is 3. The van der Waals surface area contributed by atoms with Crippen molar-refractivity contribution in [3.05, 3.63) is 10.1 Å². The second kappa shape index (κ2) is 8.76. The lowest BCUT2D eigenvalue weighted by atomic mass is 10.2. The minimum atomic E-state index is -0.784. The lowest BCUT2D eigenvalue weighted by Gasteiger charge is -1.99. The molecule has 6 heteroatoms. The third-order valence-electron chi connectivity index (χ3n) is 1.50. The van der Waals surface area contributed by atoms with Crippen molar-refractivity contribution in [2.24, 2.45) is 0 Å². The molecule has 0 bridgehead atoms. The zero-order valence-electron chi connectivity index (χ0n) is 7.40. The number of hydrogen-bond donors (Lipinski definition) is 1. The van der Waals surface area contributed by atoms with E-state index in [2.05, 4.69) is 10.2 Å². The molecule has 6 nitrogen and oxygen atoms in total. The van der Waals surface area contributed by atoms with Gasteiger partial charge in [0.2, 0.25) is 6.41 Å². The van der Waals surface area contributed by atoms with E-state index in [-0.39, 0.29) is 6.61 Å². The van der Waals surface area contributed by atoms with Crippen molar-refractivity contribution in [3.8, 4) is 0 Å². The second-order valence-corrected chi connectivity index (χ2v) is 2.54. The van der Waals surface area contributed by atoms with Crippen LogP contribution in [-0.4, -0.2) is 24.6 Å². The Bertz CT molecular complexity index is 151.